The van der Waals surface area contributed by atoms with E-state index in [1.807, 2.05) is 0 Å². The van der Waals surface area contributed by atoms with Crippen LogP contribution < -0.4 is 5.73 Å². The zero-order valence-electron chi connectivity index (χ0n) is 11.3. The van der Waals surface area contributed by atoms with Gasteiger partial charge in [-0.3, -0.25) is 4.79 Å². The number of fused-ring (bicyclic) bond motifs is 1. The van der Waals surface area contributed by atoms with Gasteiger partial charge < -0.3 is 15.8 Å². The number of carboxylic acid groups (broad SMARTS) is 1. The summed E-state index contributed by atoms with van der Waals surface area (Å²) in [6, 6.07) is 10.4. The van der Waals surface area contributed by atoms with Crippen molar-refractivity contribution in [3.05, 3.63) is 59.5 Å². The van der Waals surface area contributed by atoms with Crippen LogP contribution in [0.15, 0.2) is 42.5 Å². The van der Waals surface area contributed by atoms with Crippen LogP contribution in [0.4, 0.5) is 4.39 Å². The van der Waals surface area contributed by atoms with Gasteiger partial charge in [0.15, 0.2) is 0 Å². The average Bonchev–Trinajstić information content (AvgIpc) is 2.91. The molecular formula is C16H11FN2O3. The first kappa shape index (κ1) is 13.8. The Morgan fingerprint density at radius 2 is 1.86 bits per heavy atom. The number of carbonyl (C=O) groups excluding carboxylic acids is 1. The molecule has 0 saturated carbocycles. The molecule has 4 N–H and O–H groups in total. The SMILES string of the molecule is NC(=O)c1cc2c(-c3ccc(C(=O)O)cc3F)cccc2[nH]1. The van der Waals surface area contributed by atoms with Crippen molar-refractivity contribution in [1.82, 2.24) is 4.98 Å². The van der Waals surface area contributed by atoms with E-state index in [0.717, 1.165) is 6.07 Å². The average molecular weight is 298 g/mol. The fourth-order valence-corrected chi connectivity index (χ4v) is 2.39. The summed E-state index contributed by atoms with van der Waals surface area (Å²) in [6.07, 6.45) is 0. The highest BCUT2D eigenvalue weighted by atomic mass is 19.1. The molecule has 0 saturated heterocycles. The lowest BCUT2D eigenvalue weighted by molar-refractivity contribution is 0.0696. The van der Waals surface area contributed by atoms with Gasteiger partial charge in [-0.25, -0.2) is 9.18 Å². The first-order chi connectivity index (χ1) is 10.5. The molecule has 0 aliphatic heterocycles. The number of carboxylic acids is 1. The van der Waals surface area contributed by atoms with E-state index in [1.165, 1.54) is 12.1 Å². The predicted molar refractivity (Wildman–Crippen MR) is 79.2 cm³/mol. The van der Waals surface area contributed by atoms with Crippen LogP contribution in [0.5, 0.6) is 0 Å². The Labute approximate surface area is 124 Å². The van der Waals surface area contributed by atoms with Gasteiger partial charge in [0.25, 0.3) is 5.91 Å². The number of primary amides is 1. The summed E-state index contributed by atoms with van der Waals surface area (Å²) in [4.78, 5) is 25.0. The second kappa shape index (κ2) is 5.00. The number of nitrogens with one attached hydrogen (secondary N) is 1. The quantitative estimate of drug-likeness (QED) is 0.693. The van der Waals surface area contributed by atoms with Crippen molar-refractivity contribution in [3.8, 4) is 11.1 Å². The van der Waals surface area contributed by atoms with Crippen LogP contribution in [0.3, 0.4) is 0 Å². The Kier molecular flexibility index (Phi) is 3.14. The van der Waals surface area contributed by atoms with Gasteiger partial charge in [-0.1, -0.05) is 18.2 Å². The molecule has 0 fully saturated rings. The van der Waals surface area contributed by atoms with Crippen LogP contribution in [0.25, 0.3) is 22.0 Å². The fraction of sp³-hybridized carbons (Fsp3) is 0. The predicted octanol–water partition coefficient (Wildman–Crippen LogP) is 2.77. The number of hydrogen-bond donors (Lipinski definition) is 3. The Balaban J connectivity index is 2.22. The summed E-state index contributed by atoms with van der Waals surface area (Å²) in [5.74, 6) is -2.45. The Morgan fingerprint density at radius 1 is 1.09 bits per heavy atom. The first-order valence-corrected chi connectivity index (χ1v) is 6.42. The van der Waals surface area contributed by atoms with Crippen molar-refractivity contribution in [3.63, 3.8) is 0 Å². The summed E-state index contributed by atoms with van der Waals surface area (Å²) in [5, 5.41) is 9.52. The molecule has 110 valence electrons. The van der Waals surface area contributed by atoms with Gasteiger partial charge in [0, 0.05) is 16.5 Å². The van der Waals surface area contributed by atoms with Gasteiger partial charge in [0.05, 0.1) is 5.56 Å². The summed E-state index contributed by atoms with van der Waals surface area (Å²) < 4.78 is 14.2. The highest BCUT2D eigenvalue weighted by Crippen LogP contribution is 2.31. The van der Waals surface area contributed by atoms with Crippen LogP contribution in [0.1, 0.15) is 20.8 Å². The molecule has 0 bridgehead atoms. The number of aromatic carboxylic acids is 1. The standard InChI is InChI=1S/C16H11FN2O3/c17-12-6-8(16(21)22)4-5-10(12)9-2-1-3-13-11(9)7-14(19-13)15(18)20/h1-7,19H,(H2,18,20)(H,21,22). The highest BCUT2D eigenvalue weighted by Gasteiger charge is 2.14. The zero-order valence-corrected chi connectivity index (χ0v) is 11.3. The summed E-state index contributed by atoms with van der Waals surface area (Å²) in [7, 11) is 0. The van der Waals surface area contributed by atoms with Gasteiger partial charge >= 0.3 is 5.97 Å². The molecule has 0 aliphatic carbocycles. The summed E-state index contributed by atoms with van der Waals surface area (Å²) in [6.45, 7) is 0. The number of halogens is 1. The molecule has 2 aromatic carbocycles. The van der Waals surface area contributed by atoms with Crippen LogP contribution in [-0.4, -0.2) is 22.0 Å². The molecule has 3 aromatic rings. The number of amides is 1. The smallest absolute Gasteiger partial charge is 0.335 e. The second-order valence-electron chi connectivity index (χ2n) is 4.81. The highest BCUT2D eigenvalue weighted by molar-refractivity contribution is 6.02. The van der Waals surface area contributed by atoms with E-state index in [2.05, 4.69) is 4.98 Å². The van der Waals surface area contributed by atoms with Crippen molar-refractivity contribution in [2.75, 3.05) is 0 Å². The molecule has 0 spiro atoms. The van der Waals surface area contributed by atoms with Gasteiger partial charge in [-0.15, -0.1) is 0 Å². The zero-order chi connectivity index (χ0) is 15.9. The van der Waals surface area contributed by atoms with Gasteiger partial charge in [-0.05, 0) is 29.8 Å². The topological polar surface area (TPSA) is 96.2 Å². The minimum Gasteiger partial charge on any atom is -0.478 e. The van der Waals surface area contributed by atoms with E-state index < -0.39 is 17.7 Å². The number of carbonyl (C=O) groups is 2. The van der Waals surface area contributed by atoms with Crippen LogP contribution in [-0.2, 0) is 0 Å². The lowest BCUT2D eigenvalue weighted by Crippen LogP contribution is -2.10. The maximum Gasteiger partial charge on any atom is 0.335 e. The number of H-pyrrole nitrogens is 1. The number of hydrogen-bond acceptors (Lipinski definition) is 2. The van der Waals surface area contributed by atoms with E-state index in [9.17, 15) is 14.0 Å². The monoisotopic (exact) mass is 298 g/mol. The van der Waals surface area contributed by atoms with E-state index in [-0.39, 0.29) is 16.8 Å². The van der Waals surface area contributed by atoms with Gasteiger partial charge in [-0.2, -0.15) is 0 Å². The number of aromatic nitrogens is 1. The lowest BCUT2D eigenvalue weighted by atomic mass is 9.99. The summed E-state index contributed by atoms with van der Waals surface area (Å²) in [5.41, 5.74) is 6.80. The third-order valence-corrected chi connectivity index (χ3v) is 3.44. The second-order valence-corrected chi connectivity index (χ2v) is 4.81. The van der Waals surface area contributed by atoms with Crippen LogP contribution in [0, 0.1) is 5.82 Å². The molecule has 6 heteroatoms. The third kappa shape index (κ3) is 2.20. The van der Waals surface area contributed by atoms with E-state index in [0.29, 0.717) is 16.5 Å². The van der Waals surface area contributed by atoms with Crippen molar-refractivity contribution in [1.29, 1.82) is 0 Å². The maximum absolute atomic E-state index is 14.2. The van der Waals surface area contributed by atoms with Gasteiger partial charge in [0.1, 0.15) is 11.5 Å². The Hall–Kier alpha value is -3.15. The third-order valence-electron chi connectivity index (χ3n) is 3.44. The number of rotatable bonds is 3. The molecule has 0 atom stereocenters. The maximum atomic E-state index is 14.2. The Bertz CT molecular complexity index is 915. The van der Waals surface area contributed by atoms with Crippen molar-refractivity contribution < 1.29 is 19.1 Å². The van der Waals surface area contributed by atoms with Crippen molar-refractivity contribution >= 4 is 22.8 Å². The van der Waals surface area contributed by atoms with E-state index in [4.69, 9.17) is 10.8 Å². The van der Waals surface area contributed by atoms with Crippen LogP contribution >= 0.6 is 0 Å². The largest absolute Gasteiger partial charge is 0.478 e. The Morgan fingerprint density at radius 3 is 2.50 bits per heavy atom. The molecule has 5 nitrogen and oxygen atoms in total. The molecule has 3 rings (SSSR count). The molecule has 0 unspecified atom stereocenters. The van der Waals surface area contributed by atoms with E-state index >= 15 is 0 Å². The molecular weight excluding hydrogens is 287 g/mol. The molecule has 1 aromatic heterocycles. The minimum atomic E-state index is -1.19. The van der Waals surface area contributed by atoms with Crippen molar-refractivity contribution in [2.24, 2.45) is 5.73 Å². The summed E-state index contributed by atoms with van der Waals surface area (Å²) >= 11 is 0. The molecule has 22 heavy (non-hydrogen) atoms. The lowest BCUT2D eigenvalue weighted by Gasteiger charge is -2.06. The minimum absolute atomic E-state index is 0.125. The molecule has 1 heterocycles. The molecule has 1 amide bonds. The van der Waals surface area contributed by atoms with Gasteiger partial charge in [0.2, 0.25) is 0 Å². The normalized spacial score (nSPS) is 10.8. The number of aromatic amines is 1. The fourth-order valence-electron chi connectivity index (χ4n) is 2.39. The number of benzene rings is 2. The van der Waals surface area contributed by atoms with E-state index in [1.54, 1.807) is 24.3 Å². The molecule has 0 radical (unpaired) electrons. The van der Waals surface area contributed by atoms with Crippen molar-refractivity contribution in [2.45, 2.75) is 0 Å². The molecule has 0 aliphatic rings. The number of nitrogens with two attached hydrogens (primary N) is 1. The van der Waals surface area contributed by atoms with Crippen LogP contribution in [0.2, 0.25) is 0 Å². The first-order valence-electron chi connectivity index (χ1n) is 6.42.